The molecule has 3 heteroatoms. The van der Waals surface area contributed by atoms with Gasteiger partial charge in [0.15, 0.2) is 0 Å². The van der Waals surface area contributed by atoms with E-state index in [0.29, 0.717) is 19.1 Å². The second-order valence-electron chi connectivity index (χ2n) is 6.29. The van der Waals surface area contributed by atoms with Crippen LogP contribution in [0, 0.1) is 16.7 Å². The first kappa shape index (κ1) is 14.1. The SMILES string of the molecule is C=CNCCOC(=O)C1(CC(C)(C)C)CC1C. The minimum atomic E-state index is -0.216. The minimum Gasteiger partial charge on any atom is -0.463 e. The lowest BCUT2D eigenvalue weighted by Crippen LogP contribution is -2.28. The molecule has 1 aliphatic rings. The fraction of sp³-hybridized carbons (Fsp3) is 0.786. The molecular formula is C14H25NO2. The Bertz CT molecular complexity index is 293. The fourth-order valence-electron chi connectivity index (χ4n) is 2.49. The maximum absolute atomic E-state index is 12.1. The third kappa shape index (κ3) is 3.76. The summed E-state index contributed by atoms with van der Waals surface area (Å²) < 4.78 is 5.34. The van der Waals surface area contributed by atoms with Gasteiger partial charge in [0.05, 0.1) is 5.41 Å². The molecule has 1 N–H and O–H groups in total. The van der Waals surface area contributed by atoms with Crippen LogP contribution in [-0.2, 0) is 9.53 Å². The van der Waals surface area contributed by atoms with Crippen LogP contribution in [-0.4, -0.2) is 19.1 Å². The molecule has 0 aromatic heterocycles. The van der Waals surface area contributed by atoms with Crippen molar-refractivity contribution >= 4 is 5.97 Å². The molecule has 0 amide bonds. The van der Waals surface area contributed by atoms with Gasteiger partial charge in [0.1, 0.15) is 6.61 Å². The van der Waals surface area contributed by atoms with Gasteiger partial charge < -0.3 is 10.1 Å². The minimum absolute atomic E-state index is 0.0224. The molecule has 0 radical (unpaired) electrons. The molecule has 3 nitrogen and oxygen atoms in total. The van der Waals surface area contributed by atoms with Crippen LogP contribution in [0.1, 0.15) is 40.5 Å². The highest BCUT2D eigenvalue weighted by Crippen LogP contribution is 2.59. The number of hydrogen-bond acceptors (Lipinski definition) is 3. The number of rotatable bonds is 6. The molecule has 0 heterocycles. The van der Waals surface area contributed by atoms with E-state index in [0.717, 1.165) is 12.8 Å². The molecule has 0 saturated heterocycles. The predicted molar refractivity (Wildman–Crippen MR) is 69.4 cm³/mol. The topological polar surface area (TPSA) is 38.3 Å². The maximum atomic E-state index is 12.1. The summed E-state index contributed by atoms with van der Waals surface area (Å²) in [4.78, 5) is 12.1. The monoisotopic (exact) mass is 239 g/mol. The predicted octanol–water partition coefficient (Wildman–Crippen LogP) is 2.73. The lowest BCUT2D eigenvalue weighted by Gasteiger charge is -2.25. The van der Waals surface area contributed by atoms with Crippen molar-refractivity contribution in [3.05, 3.63) is 12.8 Å². The van der Waals surface area contributed by atoms with Crippen LogP contribution < -0.4 is 5.32 Å². The highest BCUT2D eigenvalue weighted by atomic mass is 16.5. The van der Waals surface area contributed by atoms with Crippen LogP contribution in [0.5, 0.6) is 0 Å². The van der Waals surface area contributed by atoms with Crippen LogP contribution in [0.15, 0.2) is 12.8 Å². The van der Waals surface area contributed by atoms with Gasteiger partial charge in [-0.25, -0.2) is 0 Å². The Hall–Kier alpha value is -0.990. The van der Waals surface area contributed by atoms with E-state index in [1.165, 1.54) is 0 Å². The summed E-state index contributed by atoms with van der Waals surface area (Å²) in [6.45, 7) is 13.3. The van der Waals surface area contributed by atoms with E-state index in [-0.39, 0.29) is 16.8 Å². The molecule has 0 spiro atoms. The summed E-state index contributed by atoms with van der Waals surface area (Å²) in [7, 11) is 0. The van der Waals surface area contributed by atoms with Crippen LogP contribution >= 0.6 is 0 Å². The van der Waals surface area contributed by atoms with E-state index in [1.807, 2.05) is 0 Å². The number of carbonyl (C=O) groups is 1. The highest BCUT2D eigenvalue weighted by Gasteiger charge is 2.59. The Balaban J connectivity index is 2.45. The standard InChI is InChI=1S/C14H25NO2/c1-6-15-7-8-17-12(16)14(9-11(14)2)10-13(3,4)5/h6,11,15H,1,7-10H2,2-5H3. The van der Waals surface area contributed by atoms with E-state index in [2.05, 4.69) is 39.6 Å². The Morgan fingerprint density at radius 2 is 2.18 bits per heavy atom. The molecule has 1 aliphatic carbocycles. The van der Waals surface area contributed by atoms with Crippen LogP contribution in [0.2, 0.25) is 0 Å². The molecule has 0 aromatic rings. The number of ether oxygens (including phenoxy) is 1. The van der Waals surface area contributed by atoms with Crippen molar-refractivity contribution in [2.75, 3.05) is 13.2 Å². The van der Waals surface area contributed by atoms with Gasteiger partial charge in [0.25, 0.3) is 0 Å². The van der Waals surface area contributed by atoms with Gasteiger partial charge in [-0.1, -0.05) is 34.3 Å². The molecule has 98 valence electrons. The first-order valence-electron chi connectivity index (χ1n) is 6.33. The van der Waals surface area contributed by atoms with Gasteiger partial charge in [-0.3, -0.25) is 4.79 Å². The number of esters is 1. The molecule has 2 unspecified atom stereocenters. The first-order valence-corrected chi connectivity index (χ1v) is 6.33. The number of carbonyl (C=O) groups excluding carboxylic acids is 1. The van der Waals surface area contributed by atoms with E-state index in [4.69, 9.17) is 4.74 Å². The summed E-state index contributed by atoms with van der Waals surface area (Å²) in [5.41, 5.74) is -0.0461. The van der Waals surface area contributed by atoms with Crippen LogP contribution in [0.25, 0.3) is 0 Å². The van der Waals surface area contributed by atoms with E-state index >= 15 is 0 Å². The zero-order chi connectivity index (χ0) is 13.1. The average molecular weight is 239 g/mol. The fourth-order valence-corrected chi connectivity index (χ4v) is 2.49. The largest absolute Gasteiger partial charge is 0.463 e. The number of nitrogens with one attached hydrogen (secondary N) is 1. The molecule has 1 rings (SSSR count). The van der Waals surface area contributed by atoms with E-state index < -0.39 is 0 Å². The van der Waals surface area contributed by atoms with Crippen molar-refractivity contribution in [2.45, 2.75) is 40.5 Å². The molecular weight excluding hydrogens is 214 g/mol. The summed E-state index contributed by atoms with van der Waals surface area (Å²) >= 11 is 0. The smallest absolute Gasteiger partial charge is 0.312 e. The lowest BCUT2D eigenvalue weighted by molar-refractivity contribution is -0.152. The molecule has 1 fully saturated rings. The van der Waals surface area contributed by atoms with Gasteiger partial charge in [-0.05, 0) is 30.4 Å². The molecule has 0 aliphatic heterocycles. The Labute approximate surface area is 105 Å². The molecule has 0 bridgehead atoms. The molecule has 1 saturated carbocycles. The third-order valence-corrected chi connectivity index (χ3v) is 3.33. The molecule has 17 heavy (non-hydrogen) atoms. The van der Waals surface area contributed by atoms with Crippen molar-refractivity contribution in [2.24, 2.45) is 16.7 Å². The zero-order valence-corrected chi connectivity index (χ0v) is 11.5. The van der Waals surface area contributed by atoms with Gasteiger partial charge in [-0.15, -0.1) is 0 Å². The Morgan fingerprint density at radius 1 is 1.59 bits per heavy atom. The third-order valence-electron chi connectivity index (χ3n) is 3.33. The van der Waals surface area contributed by atoms with Gasteiger partial charge in [0.2, 0.25) is 0 Å². The van der Waals surface area contributed by atoms with Gasteiger partial charge in [0, 0.05) is 6.54 Å². The summed E-state index contributed by atoms with van der Waals surface area (Å²) in [5, 5.41) is 2.92. The van der Waals surface area contributed by atoms with Crippen molar-refractivity contribution in [3.8, 4) is 0 Å². The quantitative estimate of drug-likeness (QED) is 0.572. The summed E-state index contributed by atoms with van der Waals surface area (Å²) in [5.74, 6) is 0.437. The Kier molecular flexibility index (Phi) is 4.23. The average Bonchev–Trinajstić information content (AvgIpc) is 2.82. The van der Waals surface area contributed by atoms with Crippen LogP contribution in [0.3, 0.4) is 0 Å². The Morgan fingerprint density at radius 3 is 2.59 bits per heavy atom. The van der Waals surface area contributed by atoms with E-state index in [9.17, 15) is 4.79 Å². The highest BCUT2D eigenvalue weighted by molar-refractivity contribution is 5.80. The second-order valence-corrected chi connectivity index (χ2v) is 6.29. The van der Waals surface area contributed by atoms with Crippen molar-refractivity contribution in [3.63, 3.8) is 0 Å². The molecule has 0 aromatic carbocycles. The first-order chi connectivity index (χ1) is 7.82. The summed E-state index contributed by atoms with van der Waals surface area (Å²) in [6, 6.07) is 0. The number of hydrogen-bond donors (Lipinski definition) is 1. The van der Waals surface area contributed by atoms with Gasteiger partial charge in [-0.2, -0.15) is 0 Å². The van der Waals surface area contributed by atoms with E-state index in [1.54, 1.807) is 6.20 Å². The molecule has 2 atom stereocenters. The zero-order valence-electron chi connectivity index (χ0n) is 11.5. The summed E-state index contributed by atoms with van der Waals surface area (Å²) in [6.07, 6.45) is 3.49. The van der Waals surface area contributed by atoms with Crippen LogP contribution in [0.4, 0.5) is 0 Å². The van der Waals surface area contributed by atoms with Crippen molar-refractivity contribution in [1.29, 1.82) is 0 Å². The maximum Gasteiger partial charge on any atom is 0.312 e. The second kappa shape index (κ2) is 5.11. The van der Waals surface area contributed by atoms with Crippen molar-refractivity contribution < 1.29 is 9.53 Å². The van der Waals surface area contributed by atoms with Crippen molar-refractivity contribution in [1.82, 2.24) is 5.32 Å². The lowest BCUT2D eigenvalue weighted by atomic mass is 9.81. The normalized spacial score (nSPS) is 27.4. The van der Waals surface area contributed by atoms with Gasteiger partial charge >= 0.3 is 5.97 Å².